The predicted molar refractivity (Wildman–Crippen MR) is 66.2 cm³/mol. The molecule has 2 heterocycles. The maximum atomic E-state index is 14.1. The number of nitrogens with zero attached hydrogens (tertiary/aromatic N) is 3. The summed E-state index contributed by atoms with van der Waals surface area (Å²) in [5.74, 6) is -1.47. The normalized spacial score (nSPS) is 11.1. The molecule has 0 amide bonds. The summed E-state index contributed by atoms with van der Waals surface area (Å²) in [5.41, 5.74) is 6.31. The summed E-state index contributed by atoms with van der Waals surface area (Å²) in [4.78, 5) is 14.5. The number of aromatic amines is 1. The lowest BCUT2D eigenvalue weighted by atomic mass is 10.1. The molecule has 0 atom stereocenters. The lowest BCUT2D eigenvalue weighted by molar-refractivity contribution is 0.583. The number of benzene rings is 1. The molecule has 0 unspecified atom stereocenters. The van der Waals surface area contributed by atoms with Crippen molar-refractivity contribution in [3.63, 3.8) is 0 Å². The van der Waals surface area contributed by atoms with Crippen LogP contribution in [0.1, 0.15) is 5.56 Å². The van der Waals surface area contributed by atoms with Crippen LogP contribution in [0.3, 0.4) is 0 Å². The van der Waals surface area contributed by atoms with Crippen molar-refractivity contribution in [2.75, 3.05) is 5.73 Å². The van der Waals surface area contributed by atoms with Crippen LogP contribution in [0.4, 0.5) is 14.7 Å². The third-order valence-electron chi connectivity index (χ3n) is 2.82. The van der Waals surface area contributed by atoms with Gasteiger partial charge in [0.05, 0.1) is 11.9 Å². The average molecular weight is 261 g/mol. The van der Waals surface area contributed by atoms with Crippen molar-refractivity contribution in [3.8, 4) is 11.3 Å². The Morgan fingerprint density at radius 3 is 2.79 bits per heavy atom. The summed E-state index contributed by atoms with van der Waals surface area (Å²) in [6, 6.07) is 2.55. The van der Waals surface area contributed by atoms with Crippen LogP contribution < -0.4 is 5.73 Å². The minimum Gasteiger partial charge on any atom is -0.368 e. The molecule has 0 saturated heterocycles. The first kappa shape index (κ1) is 11.5. The summed E-state index contributed by atoms with van der Waals surface area (Å²) in [6.07, 6.45) is 1.37. The summed E-state index contributed by atoms with van der Waals surface area (Å²) >= 11 is 0. The van der Waals surface area contributed by atoms with E-state index in [1.807, 2.05) is 0 Å². The monoisotopic (exact) mass is 261 g/mol. The van der Waals surface area contributed by atoms with Gasteiger partial charge in [-0.15, -0.1) is 0 Å². The van der Waals surface area contributed by atoms with Crippen molar-refractivity contribution in [2.24, 2.45) is 0 Å². The molecule has 19 heavy (non-hydrogen) atoms. The van der Waals surface area contributed by atoms with Crippen LogP contribution in [-0.4, -0.2) is 19.9 Å². The number of anilines is 1. The molecule has 0 radical (unpaired) electrons. The Balaban J connectivity index is 2.42. The molecular formula is C12H9F2N5. The Labute approximate surface area is 106 Å². The highest BCUT2D eigenvalue weighted by atomic mass is 19.1. The van der Waals surface area contributed by atoms with Crippen LogP contribution in [0, 0.1) is 18.6 Å². The molecule has 0 aliphatic heterocycles. The second kappa shape index (κ2) is 3.98. The van der Waals surface area contributed by atoms with E-state index in [0.717, 1.165) is 0 Å². The van der Waals surface area contributed by atoms with Crippen LogP contribution >= 0.6 is 0 Å². The van der Waals surface area contributed by atoms with Gasteiger partial charge < -0.3 is 10.7 Å². The van der Waals surface area contributed by atoms with E-state index in [0.29, 0.717) is 11.1 Å². The Kier molecular flexibility index (Phi) is 2.41. The topological polar surface area (TPSA) is 80.5 Å². The first-order valence-corrected chi connectivity index (χ1v) is 5.49. The molecule has 3 N–H and O–H groups in total. The summed E-state index contributed by atoms with van der Waals surface area (Å²) in [7, 11) is 0. The Bertz CT molecular complexity index is 781. The molecule has 0 saturated carbocycles. The second-order valence-electron chi connectivity index (χ2n) is 4.08. The number of halogens is 2. The molecule has 0 aliphatic rings. The standard InChI is InChI=1S/C12H9F2N5/c1-5-2-3-6(13)7(8(5)14)9-10-11(17-4-16-10)19-12(15)18-9/h2-4H,1H3,(H3,15,16,17,18,19). The van der Waals surface area contributed by atoms with Gasteiger partial charge in [0.2, 0.25) is 5.95 Å². The van der Waals surface area contributed by atoms with E-state index in [9.17, 15) is 8.78 Å². The molecular weight excluding hydrogens is 252 g/mol. The van der Waals surface area contributed by atoms with Crippen LogP contribution in [0.15, 0.2) is 18.5 Å². The van der Waals surface area contributed by atoms with Gasteiger partial charge in [-0.1, -0.05) is 6.07 Å². The van der Waals surface area contributed by atoms with Gasteiger partial charge in [0, 0.05) is 0 Å². The van der Waals surface area contributed by atoms with Gasteiger partial charge in [0.1, 0.15) is 22.8 Å². The molecule has 96 valence electrons. The number of aryl methyl sites for hydroxylation is 1. The van der Waals surface area contributed by atoms with Crippen LogP contribution in [0.25, 0.3) is 22.4 Å². The minimum absolute atomic E-state index is 0.0682. The molecule has 3 aromatic rings. The SMILES string of the molecule is Cc1ccc(F)c(-c2nc(N)nc3nc[nH]c23)c1F. The van der Waals surface area contributed by atoms with Crippen molar-refractivity contribution in [1.29, 1.82) is 0 Å². The van der Waals surface area contributed by atoms with E-state index in [-0.39, 0.29) is 22.9 Å². The molecule has 7 heteroatoms. The number of imidazole rings is 1. The van der Waals surface area contributed by atoms with Gasteiger partial charge in [-0.05, 0) is 18.6 Å². The molecule has 0 spiro atoms. The Morgan fingerprint density at radius 2 is 2.00 bits per heavy atom. The maximum absolute atomic E-state index is 14.1. The van der Waals surface area contributed by atoms with Gasteiger partial charge in [0.25, 0.3) is 0 Å². The number of fused-ring (bicyclic) bond motifs is 1. The van der Waals surface area contributed by atoms with E-state index in [1.54, 1.807) is 6.92 Å². The third-order valence-corrected chi connectivity index (χ3v) is 2.82. The number of nitrogens with two attached hydrogens (primary N) is 1. The minimum atomic E-state index is -0.711. The van der Waals surface area contributed by atoms with E-state index in [4.69, 9.17) is 5.73 Å². The molecule has 5 nitrogen and oxygen atoms in total. The van der Waals surface area contributed by atoms with Crippen LogP contribution in [0.5, 0.6) is 0 Å². The van der Waals surface area contributed by atoms with Gasteiger partial charge in [0.15, 0.2) is 5.65 Å². The largest absolute Gasteiger partial charge is 0.368 e. The first-order chi connectivity index (χ1) is 9.08. The fraction of sp³-hybridized carbons (Fsp3) is 0.0833. The summed E-state index contributed by atoms with van der Waals surface area (Å²) in [5, 5.41) is 0. The van der Waals surface area contributed by atoms with Gasteiger partial charge >= 0.3 is 0 Å². The maximum Gasteiger partial charge on any atom is 0.222 e. The third kappa shape index (κ3) is 1.70. The van der Waals surface area contributed by atoms with Crippen LogP contribution in [0.2, 0.25) is 0 Å². The molecule has 3 rings (SSSR count). The number of H-pyrrole nitrogens is 1. The molecule has 0 fully saturated rings. The number of nitrogen functional groups attached to an aromatic ring is 1. The highest BCUT2D eigenvalue weighted by Gasteiger charge is 2.19. The Hall–Kier alpha value is -2.57. The van der Waals surface area contributed by atoms with Crippen molar-refractivity contribution in [3.05, 3.63) is 35.7 Å². The fourth-order valence-electron chi connectivity index (χ4n) is 1.90. The fourth-order valence-corrected chi connectivity index (χ4v) is 1.90. The first-order valence-electron chi connectivity index (χ1n) is 5.49. The van der Waals surface area contributed by atoms with Crippen molar-refractivity contribution >= 4 is 17.1 Å². The lowest BCUT2D eigenvalue weighted by Gasteiger charge is -2.08. The van der Waals surface area contributed by atoms with Gasteiger partial charge in [-0.3, -0.25) is 0 Å². The van der Waals surface area contributed by atoms with Gasteiger partial charge in [-0.2, -0.15) is 4.98 Å². The molecule has 2 aromatic heterocycles. The number of aromatic nitrogens is 4. The quantitative estimate of drug-likeness (QED) is 0.703. The van der Waals surface area contributed by atoms with Crippen molar-refractivity contribution in [2.45, 2.75) is 6.92 Å². The zero-order valence-corrected chi connectivity index (χ0v) is 9.91. The van der Waals surface area contributed by atoms with Gasteiger partial charge in [-0.25, -0.2) is 18.7 Å². The van der Waals surface area contributed by atoms with Crippen molar-refractivity contribution in [1.82, 2.24) is 19.9 Å². The average Bonchev–Trinajstić information content (AvgIpc) is 2.82. The number of hydrogen-bond donors (Lipinski definition) is 2. The number of rotatable bonds is 1. The number of hydrogen-bond acceptors (Lipinski definition) is 4. The smallest absolute Gasteiger partial charge is 0.222 e. The number of nitrogens with one attached hydrogen (secondary N) is 1. The van der Waals surface area contributed by atoms with E-state index in [2.05, 4.69) is 19.9 Å². The zero-order chi connectivity index (χ0) is 13.6. The van der Waals surface area contributed by atoms with Crippen LogP contribution in [-0.2, 0) is 0 Å². The Morgan fingerprint density at radius 1 is 1.21 bits per heavy atom. The molecule has 1 aromatic carbocycles. The van der Waals surface area contributed by atoms with E-state index < -0.39 is 11.6 Å². The highest BCUT2D eigenvalue weighted by molar-refractivity contribution is 5.88. The second-order valence-corrected chi connectivity index (χ2v) is 4.08. The van der Waals surface area contributed by atoms with E-state index in [1.165, 1.54) is 18.5 Å². The highest BCUT2D eigenvalue weighted by Crippen LogP contribution is 2.30. The lowest BCUT2D eigenvalue weighted by Crippen LogP contribution is -2.01. The summed E-state index contributed by atoms with van der Waals surface area (Å²) < 4.78 is 28.0. The van der Waals surface area contributed by atoms with E-state index >= 15 is 0 Å². The molecule has 0 aliphatic carbocycles. The molecule has 0 bridgehead atoms. The zero-order valence-electron chi connectivity index (χ0n) is 9.91. The summed E-state index contributed by atoms with van der Waals surface area (Å²) in [6.45, 7) is 1.55. The predicted octanol–water partition coefficient (Wildman–Crippen LogP) is 2.19. The van der Waals surface area contributed by atoms with Crippen molar-refractivity contribution < 1.29 is 8.78 Å².